The fourth-order valence-corrected chi connectivity index (χ4v) is 2.60. The van der Waals surface area contributed by atoms with Gasteiger partial charge in [0, 0.05) is 0 Å². The van der Waals surface area contributed by atoms with Crippen LogP contribution in [0.2, 0.25) is 0 Å². The second kappa shape index (κ2) is 5.00. The smallest absolute Gasteiger partial charge is 0.165 e. The van der Waals surface area contributed by atoms with Gasteiger partial charge in [-0.2, -0.15) is 0 Å². The Morgan fingerprint density at radius 3 is 2.45 bits per heavy atom. The fourth-order valence-electron chi connectivity index (χ4n) is 2.60. The van der Waals surface area contributed by atoms with Crippen LogP contribution in [0.3, 0.4) is 0 Å². The molecule has 3 rings (SSSR count). The topological polar surface area (TPSA) is 40.5 Å². The molecule has 2 aromatic carbocycles. The molecule has 0 radical (unpaired) electrons. The third kappa shape index (κ3) is 2.39. The van der Waals surface area contributed by atoms with Crippen molar-refractivity contribution in [1.29, 1.82) is 0 Å². The van der Waals surface area contributed by atoms with Crippen molar-refractivity contribution in [2.75, 3.05) is 0 Å². The Hall–Kier alpha value is -2.29. The number of allylic oxidation sites excluding steroid dienone is 1. The number of halogens is 1. The number of phenols is 2. The van der Waals surface area contributed by atoms with Crippen LogP contribution in [-0.2, 0) is 6.42 Å². The highest BCUT2D eigenvalue weighted by Gasteiger charge is 2.13. The van der Waals surface area contributed by atoms with E-state index in [1.54, 1.807) is 12.1 Å². The minimum Gasteiger partial charge on any atom is -0.508 e. The highest BCUT2D eigenvalue weighted by atomic mass is 19.1. The minimum atomic E-state index is -0.591. The van der Waals surface area contributed by atoms with Crippen LogP contribution in [0.5, 0.6) is 11.5 Å². The highest BCUT2D eigenvalue weighted by molar-refractivity contribution is 5.83. The summed E-state index contributed by atoms with van der Waals surface area (Å²) < 4.78 is 13.5. The number of hydrogen-bond donors (Lipinski definition) is 2. The van der Waals surface area contributed by atoms with E-state index in [1.807, 2.05) is 18.2 Å². The van der Waals surface area contributed by atoms with E-state index in [1.165, 1.54) is 12.1 Å². The molecule has 3 heteroatoms. The van der Waals surface area contributed by atoms with Gasteiger partial charge in [-0.05, 0) is 65.8 Å². The number of fused-ring (bicyclic) bond motifs is 1. The zero-order valence-electron chi connectivity index (χ0n) is 10.9. The lowest BCUT2D eigenvalue weighted by molar-refractivity contribution is 0.431. The Balaban J connectivity index is 2.06. The molecule has 1 aliphatic carbocycles. The van der Waals surface area contributed by atoms with Crippen molar-refractivity contribution in [2.24, 2.45) is 0 Å². The summed E-state index contributed by atoms with van der Waals surface area (Å²) in [5.74, 6) is -0.642. The van der Waals surface area contributed by atoms with Crippen LogP contribution >= 0.6 is 0 Å². The van der Waals surface area contributed by atoms with E-state index >= 15 is 0 Å². The summed E-state index contributed by atoms with van der Waals surface area (Å²) in [5.41, 5.74) is 3.94. The predicted molar refractivity (Wildman–Crippen MR) is 77.0 cm³/mol. The summed E-state index contributed by atoms with van der Waals surface area (Å²) in [6.45, 7) is 0. The maximum Gasteiger partial charge on any atom is 0.165 e. The van der Waals surface area contributed by atoms with E-state index in [0.29, 0.717) is 0 Å². The maximum absolute atomic E-state index is 13.5. The van der Waals surface area contributed by atoms with Crippen molar-refractivity contribution in [3.8, 4) is 11.5 Å². The van der Waals surface area contributed by atoms with Gasteiger partial charge in [-0.1, -0.05) is 18.2 Å². The Kier molecular flexibility index (Phi) is 3.18. The minimum absolute atomic E-state index is 0.235. The molecule has 1 aliphatic rings. The summed E-state index contributed by atoms with van der Waals surface area (Å²) in [4.78, 5) is 0. The third-order valence-corrected chi connectivity index (χ3v) is 3.67. The summed E-state index contributed by atoms with van der Waals surface area (Å²) in [6, 6.07) is 9.93. The van der Waals surface area contributed by atoms with Crippen LogP contribution in [0.4, 0.5) is 4.39 Å². The fraction of sp³-hybridized carbons (Fsp3) is 0.176. The molecule has 0 spiro atoms. The van der Waals surface area contributed by atoms with E-state index in [4.69, 9.17) is 0 Å². The van der Waals surface area contributed by atoms with Crippen LogP contribution < -0.4 is 0 Å². The standard InChI is InChI=1S/C17H15FO2/c18-16-9-14-8-12(11-4-6-15(19)7-5-11)2-1-3-13(14)10-17(16)20/h4-10,19-20H,1-3H2. The van der Waals surface area contributed by atoms with Crippen molar-refractivity contribution in [3.63, 3.8) is 0 Å². The summed E-state index contributed by atoms with van der Waals surface area (Å²) in [7, 11) is 0. The Labute approximate surface area is 116 Å². The van der Waals surface area contributed by atoms with E-state index in [0.717, 1.165) is 41.5 Å². The van der Waals surface area contributed by atoms with Gasteiger partial charge in [0.05, 0.1) is 0 Å². The first-order valence-corrected chi connectivity index (χ1v) is 6.65. The molecular formula is C17H15FO2. The first-order chi connectivity index (χ1) is 9.63. The van der Waals surface area contributed by atoms with Crippen LogP contribution in [0.15, 0.2) is 36.4 Å². The third-order valence-electron chi connectivity index (χ3n) is 3.67. The SMILES string of the molecule is Oc1ccc(C2=Cc3cc(F)c(O)cc3CCC2)cc1. The molecule has 0 unspecified atom stereocenters. The molecule has 0 saturated heterocycles. The molecule has 0 saturated carbocycles. The normalized spacial score (nSPS) is 14.3. The second-order valence-corrected chi connectivity index (χ2v) is 5.07. The van der Waals surface area contributed by atoms with Crippen LogP contribution in [0.1, 0.15) is 29.5 Å². The van der Waals surface area contributed by atoms with Crippen molar-refractivity contribution in [3.05, 3.63) is 58.9 Å². The first-order valence-electron chi connectivity index (χ1n) is 6.65. The molecular weight excluding hydrogens is 255 g/mol. The molecule has 0 bridgehead atoms. The van der Waals surface area contributed by atoms with E-state index in [-0.39, 0.29) is 11.5 Å². The molecule has 102 valence electrons. The quantitative estimate of drug-likeness (QED) is 0.818. The highest BCUT2D eigenvalue weighted by Crippen LogP contribution is 2.32. The van der Waals surface area contributed by atoms with Crippen molar-refractivity contribution < 1.29 is 14.6 Å². The molecule has 0 atom stereocenters. The molecule has 0 aromatic heterocycles. The van der Waals surface area contributed by atoms with Gasteiger partial charge in [-0.3, -0.25) is 0 Å². The van der Waals surface area contributed by atoms with Crippen molar-refractivity contribution >= 4 is 11.6 Å². The molecule has 0 amide bonds. The molecule has 0 fully saturated rings. The van der Waals surface area contributed by atoms with E-state index in [9.17, 15) is 14.6 Å². The lowest BCUT2D eigenvalue weighted by atomic mass is 10.0. The van der Waals surface area contributed by atoms with Gasteiger partial charge in [0.25, 0.3) is 0 Å². The lowest BCUT2D eigenvalue weighted by Gasteiger charge is -2.06. The number of hydrogen-bond acceptors (Lipinski definition) is 2. The lowest BCUT2D eigenvalue weighted by Crippen LogP contribution is -1.89. The number of aryl methyl sites for hydroxylation is 1. The molecule has 0 heterocycles. The van der Waals surface area contributed by atoms with Crippen molar-refractivity contribution in [1.82, 2.24) is 0 Å². The Morgan fingerprint density at radius 1 is 0.950 bits per heavy atom. The van der Waals surface area contributed by atoms with Gasteiger partial charge >= 0.3 is 0 Å². The summed E-state index contributed by atoms with van der Waals surface area (Å²) >= 11 is 0. The van der Waals surface area contributed by atoms with Gasteiger partial charge in [0.2, 0.25) is 0 Å². The van der Waals surface area contributed by atoms with Crippen LogP contribution in [0, 0.1) is 5.82 Å². The van der Waals surface area contributed by atoms with Crippen molar-refractivity contribution in [2.45, 2.75) is 19.3 Å². The second-order valence-electron chi connectivity index (χ2n) is 5.07. The molecule has 2 nitrogen and oxygen atoms in total. The molecule has 2 aromatic rings. The van der Waals surface area contributed by atoms with Gasteiger partial charge < -0.3 is 10.2 Å². The zero-order valence-corrected chi connectivity index (χ0v) is 10.9. The largest absolute Gasteiger partial charge is 0.508 e. The molecule has 0 aliphatic heterocycles. The van der Waals surface area contributed by atoms with Gasteiger partial charge in [0.15, 0.2) is 11.6 Å². The molecule has 20 heavy (non-hydrogen) atoms. The number of benzene rings is 2. The number of phenolic OH excluding ortho intramolecular Hbond substituents is 2. The van der Waals surface area contributed by atoms with Gasteiger partial charge in [0.1, 0.15) is 5.75 Å². The van der Waals surface area contributed by atoms with E-state index < -0.39 is 5.82 Å². The summed E-state index contributed by atoms with van der Waals surface area (Å²) in [6.07, 6.45) is 4.63. The van der Waals surface area contributed by atoms with E-state index in [2.05, 4.69) is 0 Å². The van der Waals surface area contributed by atoms with Crippen LogP contribution in [-0.4, -0.2) is 10.2 Å². The average Bonchev–Trinajstić information content (AvgIpc) is 2.62. The average molecular weight is 270 g/mol. The van der Waals surface area contributed by atoms with Crippen LogP contribution in [0.25, 0.3) is 11.6 Å². The predicted octanol–water partition coefficient (Wildman–Crippen LogP) is 4.11. The summed E-state index contributed by atoms with van der Waals surface area (Å²) in [5, 5.41) is 18.8. The molecule has 2 N–H and O–H groups in total. The monoisotopic (exact) mass is 270 g/mol. The van der Waals surface area contributed by atoms with Gasteiger partial charge in [-0.15, -0.1) is 0 Å². The number of aromatic hydroxyl groups is 2. The first kappa shape index (κ1) is 12.7. The number of rotatable bonds is 1. The maximum atomic E-state index is 13.5. The Bertz CT molecular complexity index is 672. The zero-order chi connectivity index (χ0) is 14.1. The Morgan fingerprint density at radius 2 is 1.70 bits per heavy atom. The van der Waals surface area contributed by atoms with Gasteiger partial charge in [-0.25, -0.2) is 4.39 Å².